The van der Waals surface area contributed by atoms with Gasteiger partial charge in [-0.05, 0) is 39.4 Å². The zero-order chi connectivity index (χ0) is 13.1. The van der Waals surface area contributed by atoms with Gasteiger partial charge in [0, 0.05) is 19.1 Å². The lowest BCUT2D eigenvalue weighted by atomic mass is 10.1. The lowest BCUT2D eigenvalue weighted by molar-refractivity contribution is 0.263. The van der Waals surface area contributed by atoms with Crippen LogP contribution in [0.3, 0.4) is 0 Å². The third kappa shape index (κ3) is 3.91. The fourth-order valence-corrected chi connectivity index (χ4v) is 4.03. The van der Waals surface area contributed by atoms with Gasteiger partial charge in [-0.15, -0.1) is 0 Å². The Hall–Kier alpha value is -0.170. The van der Waals surface area contributed by atoms with Crippen molar-refractivity contribution >= 4 is 10.0 Å². The molecule has 0 aliphatic carbocycles. The number of rotatable bonds is 6. The zero-order valence-electron chi connectivity index (χ0n) is 11.1. The number of likely N-dealkylation sites (N-methyl/N-ethyl adjacent to an activating group) is 1. The van der Waals surface area contributed by atoms with Crippen molar-refractivity contribution in [3.63, 3.8) is 0 Å². The van der Waals surface area contributed by atoms with Crippen LogP contribution in [0.2, 0.25) is 0 Å². The second-order valence-corrected chi connectivity index (χ2v) is 7.23. The summed E-state index contributed by atoms with van der Waals surface area (Å²) >= 11 is 0. The molecule has 1 aliphatic rings. The molecule has 0 aromatic carbocycles. The maximum atomic E-state index is 12.1. The van der Waals surface area contributed by atoms with Crippen molar-refractivity contribution in [2.24, 2.45) is 11.7 Å². The van der Waals surface area contributed by atoms with Gasteiger partial charge in [0.1, 0.15) is 0 Å². The number of sulfonamides is 1. The van der Waals surface area contributed by atoms with Crippen LogP contribution in [0.25, 0.3) is 0 Å². The highest BCUT2D eigenvalue weighted by molar-refractivity contribution is 7.89. The second kappa shape index (κ2) is 6.13. The van der Waals surface area contributed by atoms with Crippen LogP contribution in [0.5, 0.6) is 0 Å². The molecule has 1 aliphatic heterocycles. The van der Waals surface area contributed by atoms with Crippen molar-refractivity contribution in [3.8, 4) is 0 Å². The molecular weight excluding hydrogens is 238 g/mol. The Morgan fingerprint density at radius 1 is 1.29 bits per heavy atom. The van der Waals surface area contributed by atoms with Crippen molar-refractivity contribution < 1.29 is 8.42 Å². The molecular formula is C11H25N3O2S. The second-order valence-electron chi connectivity index (χ2n) is 5.14. The van der Waals surface area contributed by atoms with Crippen LogP contribution in [0.1, 0.15) is 19.8 Å². The summed E-state index contributed by atoms with van der Waals surface area (Å²) in [5, 5.41) is 0. The van der Waals surface area contributed by atoms with E-state index >= 15 is 0 Å². The molecule has 0 bridgehead atoms. The molecule has 0 amide bonds. The first-order valence-corrected chi connectivity index (χ1v) is 7.83. The number of hydrogen-bond acceptors (Lipinski definition) is 4. The molecule has 2 N–H and O–H groups in total. The summed E-state index contributed by atoms with van der Waals surface area (Å²) in [6.07, 6.45) is 1.44. The first-order valence-electron chi connectivity index (χ1n) is 6.23. The summed E-state index contributed by atoms with van der Waals surface area (Å²) in [6.45, 7) is 3.94. The van der Waals surface area contributed by atoms with Gasteiger partial charge in [-0.3, -0.25) is 0 Å². The van der Waals surface area contributed by atoms with Crippen LogP contribution >= 0.6 is 0 Å². The van der Waals surface area contributed by atoms with Gasteiger partial charge in [0.2, 0.25) is 10.0 Å². The molecule has 0 saturated carbocycles. The van der Waals surface area contributed by atoms with Gasteiger partial charge in [-0.25, -0.2) is 12.7 Å². The van der Waals surface area contributed by atoms with E-state index in [-0.39, 0.29) is 5.75 Å². The van der Waals surface area contributed by atoms with E-state index in [0.717, 1.165) is 6.42 Å². The van der Waals surface area contributed by atoms with E-state index in [4.69, 9.17) is 5.73 Å². The van der Waals surface area contributed by atoms with Crippen LogP contribution in [-0.4, -0.2) is 63.1 Å². The van der Waals surface area contributed by atoms with Crippen LogP contribution in [0.15, 0.2) is 0 Å². The van der Waals surface area contributed by atoms with Gasteiger partial charge in [-0.1, -0.05) is 6.92 Å². The highest BCUT2D eigenvalue weighted by atomic mass is 32.2. The Bertz CT molecular complexity index is 330. The maximum absolute atomic E-state index is 12.1. The average Bonchev–Trinajstić information content (AvgIpc) is 2.61. The number of nitrogens with zero attached hydrogens (tertiary/aromatic N) is 2. The van der Waals surface area contributed by atoms with Crippen LogP contribution in [0, 0.1) is 5.92 Å². The molecule has 2 unspecified atom stereocenters. The van der Waals surface area contributed by atoms with Gasteiger partial charge >= 0.3 is 0 Å². The summed E-state index contributed by atoms with van der Waals surface area (Å²) in [7, 11) is 0.931. The van der Waals surface area contributed by atoms with E-state index in [9.17, 15) is 8.42 Å². The molecule has 1 saturated heterocycles. The lowest BCUT2D eigenvalue weighted by Gasteiger charge is -2.22. The topological polar surface area (TPSA) is 66.6 Å². The Balaban J connectivity index is 2.57. The molecule has 102 valence electrons. The van der Waals surface area contributed by atoms with Crippen molar-refractivity contribution in [1.82, 2.24) is 9.21 Å². The lowest BCUT2D eigenvalue weighted by Crippen LogP contribution is -2.36. The van der Waals surface area contributed by atoms with E-state index in [0.29, 0.717) is 38.0 Å². The summed E-state index contributed by atoms with van der Waals surface area (Å²) in [4.78, 5) is 2.11. The van der Waals surface area contributed by atoms with E-state index in [2.05, 4.69) is 11.8 Å². The molecule has 2 atom stereocenters. The Kier molecular flexibility index (Phi) is 5.37. The fourth-order valence-electron chi connectivity index (χ4n) is 2.36. The Morgan fingerprint density at radius 3 is 2.41 bits per heavy atom. The van der Waals surface area contributed by atoms with Gasteiger partial charge in [-0.2, -0.15) is 0 Å². The average molecular weight is 263 g/mol. The summed E-state index contributed by atoms with van der Waals surface area (Å²) in [6, 6.07) is 0.333. The van der Waals surface area contributed by atoms with Crippen LogP contribution < -0.4 is 5.73 Å². The summed E-state index contributed by atoms with van der Waals surface area (Å²) in [5.74, 6) is 0.631. The normalized spacial score (nSPS) is 26.9. The molecule has 17 heavy (non-hydrogen) atoms. The number of hydrogen-bond donors (Lipinski definition) is 1. The zero-order valence-corrected chi connectivity index (χ0v) is 11.9. The minimum Gasteiger partial charge on any atom is -0.330 e. The molecule has 0 aromatic heterocycles. The smallest absolute Gasteiger partial charge is 0.214 e. The van der Waals surface area contributed by atoms with Gasteiger partial charge in [0.15, 0.2) is 0 Å². The molecule has 5 nitrogen and oxygen atoms in total. The molecule has 1 rings (SSSR count). The molecule has 0 spiro atoms. The third-order valence-electron chi connectivity index (χ3n) is 3.45. The van der Waals surface area contributed by atoms with Crippen LogP contribution in [0.4, 0.5) is 0 Å². The molecule has 0 radical (unpaired) electrons. The van der Waals surface area contributed by atoms with E-state index in [1.54, 1.807) is 4.31 Å². The predicted molar refractivity (Wildman–Crippen MR) is 70.3 cm³/mol. The molecule has 6 heteroatoms. The third-order valence-corrected chi connectivity index (χ3v) is 5.34. The quantitative estimate of drug-likeness (QED) is 0.682. The minimum atomic E-state index is -3.08. The number of unbranched alkanes of at least 4 members (excludes halogenated alkanes) is 1. The maximum Gasteiger partial charge on any atom is 0.214 e. The van der Waals surface area contributed by atoms with Crippen molar-refractivity contribution in [2.75, 3.05) is 39.5 Å². The van der Waals surface area contributed by atoms with Gasteiger partial charge in [0.05, 0.1) is 5.75 Å². The van der Waals surface area contributed by atoms with E-state index < -0.39 is 10.0 Å². The Morgan fingerprint density at radius 2 is 1.94 bits per heavy atom. The first kappa shape index (κ1) is 14.9. The van der Waals surface area contributed by atoms with Crippen molar-refractivity contribution in [1.29, 1.82) is 0 Å². The predicted octanol–water partition coefficient (Wildman–Crippen LogP) is -0.0630. The fraction of sp³-hybridized carbons (Fsp3) is 1.00. The van der Waals surface area contributed by atoms with E-state index in [1.807, 2.05) is 14.1 Å². The SMILES string of the molecule is CC1CN(S(=O)(=O)CCCCN)CC1N(C)C. The Labute approximate surface area is 105 Å². The standard InChI is InChI=1S/C11H25N3O2S/c1-10-8-14(9-11(10)13(2)3)17(15,16)7-5-4-6-12/h10-11H,4-9,12H2,1-3H3. The monoisotopic (exact) mass is 263 g/mol. The van der Waals surface area contributed by atoms with Crippen molar-refractivity contribution in [3.05, 3.63) is 0 Å². The first-order chi connectivity index (χ1) is 7.88. The largest absolute Gasteiger partial charge is 0.330 e. The highest BCUT2D eigenvalue weighted by Crippen LogP contribution is 2.23. The van der Waals surface area contributed by atoms with Gasteiger partial charge < -0.3 is 10.6 Å². The van der Waals surface area contributed by atoms with Crippen LogP contribution in [-0.2, 0) is 10.0 Å². The van der Waals surface area contributed by atoms with Gasteiger partial charge in [0.25, 0.3) is 0 Å². The number of nitrogens with two attached hydrogens (primary N) is 1. The summed E-state index contributed by atoms with van der Waals surface area (Å²) < 4.78 is 25.8. The molecule has 0 aromatic rings. The highest BCUT2D eigenvalue weighted by Gasteiger charge is 2.36. The van der Waals surface area contributed by atoms with Crippen molar-refractivity contribution in [2.45, 2.75) is 25.8 Å². The molecule has 1 heterocycles. The summed E-state index contributed by atoms with van der Waals surface area (Å²) in [5.41, 5.74) is 5.38. The molecule has 1 fully saturated rings. The minimum absolute atomic E-state index is 0.233. The van der Waals surface area contributed by atoms with E-state index in [1.165, 1.54) is 0 Å².